The lowest BCUT2D eigenvalue weighted by atomic mass is 10.3. The van der Waals surface area contributed by atoms with E-state index in [1.165, 1.54) is 24.4 Å². The number of rotatable bonds is 5. The molecule has 0 bridgehead atoms. The second-order valence-electron chi connectivity index (χ2n) is 3.95. The van der Waals surface area contributed by atoms with Crippen molar-refractivity contribution >= 4 is 33.5 Å². The maximum absolute atomic E-state index is 13.1. The highest BCUT2D eigenvalue weighted by Gasteiger charge is 2.03. The van der Waals surface area contributed by atoms with Crippen molar-refractivity contribution in [2.45, 2.75) is 0 Å². The van der Waals surface area contributed by atoms with E-state index in [4.69, 9.17) is 10.6 Å². The number of aromatic nitrogens is 2. The van der Waals surface area contributed by atoms with Gasteiger partial charge in [-0.2, -0.15) is 5.10 Å². The van der Waals surface area contributed by atoms with E-state index in [1.54, 1.807) is 0 Å². The smallest absolute Gasteiger partial charge is 0.316 e. The van der Waals surface area contributed by atoms with Gasteiger partial charge in [-0.1, -0.05) is 0 Å². The predicted molar refractivity (Wildman–Crippen MR) is 81.4 cm³/mol. The Hall–Kier alpha value is -2.42. The van der Waals surface area contributed by atoms with E-state index >= 15 is 0 Å². The highest BCUT2D eigenvalue weighted by molar-refractivity contribution is 9.10. The van der Waals surface area contributed by atoms with E-state index in [2.05, 4.69) is 36.0 Å². The van der Waals surface area contributed by atoms with Crippen molar-refractivity contribution in [1.29, 1.82) is 0 Å². The van der Waals surface area contributed by atoms with E-state index in [1.807, 2.05) is 0 Å². The van der Waals surface area contributed by atoms with Gasteiger partial charge in [-0.05, 0) is 34.1 Å². The summed E-state index contributed by atoms with van der Waals surface area (Å²) >= 11 is 3.06. The summed E-state index contributed by atoms with van der Waals surface area (Å²) in [6, 6.07) is 4.26. The van der Waals surface area contributed by atoms with Gasteiger partial charge in [0.2, 0.25) is 0 Å². The van der Waals surface area contributed by atoms with Crippen molar-refractivity contribution in [3.8, 4) is 6.01 Å². The molecule has 0 unspecified atom stereocenters. The van der Waals surface area contributed by atoms with Crippen LogP contribution in [0.4, 0.5) is 14.5 Å². The maximum atomic E-state index is 13.1. The van der Waals surface area contributed by atoms with E-state index in [0.29, 0.717) is 15.9 Å². The lowest BCUT2D eigenvalue weighted by Crippen LogP contribution is -2.16. The minimum atomic E-state index is -0.566. The molecule has 0 saturated heterocycles. The normalized spacial score (nSPS) is 11.9. The van der Waals surface area contributed by atoms with Crippen molar-refractivity contribution in [2.75, 3.05) is 6.61 Å². The van der Waals surface area contributed by atoms with Gasteiger partial charge in [-0.15, -0.1) is 0 Å². The average Bonchev–Trinajstić information content (AvgIpc) is 2.52. The molecule has 0 aliphatic rings. The second-order valence-corrected chi connectivity index (χ2v) is 4.80. The van der Waals surface area contributed by atoms with Crippen LogP contribution in [0.2, 0.25) is 0 Å². The molecule has 1 aromatic carbocycles. The van der Waals surface area contributed by atoms with Gasteiger partial charge in [0.25, 0.3) is 0 Å². The largest absolute Gasteiger partial charge is 0.457 e. The van der Waals surface area contributed by atoms with Crippen LogP contribution >= 0.6 is 15.9 Å². The Labute approximate surface area is 132 Å². The van der Waals surface area contributed by atoms with E-state index < -0.39 is 5.82 Å². The molecular formula is C13H10BrF2N5O. The van der Waals surface area contributed by atoms with Crippen LogP contribution in [0, 0.1) is 11.6 Å². The molecule has 2 N–H and O–H groups in total. The summed E-state index contributed by atoms with van der Waals surface area (Å²) in [5.74, 6) is 4.27. The van der Waals surface area contributed by atoms with E-state index in [9.17, 15) is 8.78 Å². The highest BCUT2D eigenvalue weighted by atomic mass is 79.9. The summed E-state index contributed by atoms with van der Waals surface area (Å²) in [6.45, 7) is -0.0476. The molecule has 2 aromatic rings. The fraction of sp³-hybridized carbons (Fsp3) is 0.0769. The molecule has 6 nitrogen and oxygen atoms in total. The van der Waals surface area contributed by atoms with Gasteiger partial charge in [0.1, 0.15) is 18.1 Å². The quantitative estimate of drug-likeness (QED) is 0.498. The fourth-order valence-electron chi connectivity index (χ4n) is 1.34. The molecule has 0 spiro atoms. The van der Waals surface area contributed by atoms with Gasteiger partial charge in [-0.3, -0.25) is 4.99 Å². The maximum Gasteiger partial charge on any atom is 0.316 e. The average molecular weight is 370 g/mol. The molecular weight excluding hydrogens is 360 g/mol. The topological polar surface area (TPSA) is 85.8 Å². The van der Waals surface area contributed by atoms with Gasteiger partial charge in [0.15, 0.2) is 5.82 Å². The molecule has 0 amide bonds. The summed E-state index contributed by atoms with van der Waals surface area (Å²) in [6.07, 6.45) is 3.32. The van der Waals surface area contributed by atoms with Crippen molar-refractivity contribution < 1.29 is 13.5 Å². The van der Waals surface area contributed by atoms with Crippen LogP contribution in [0.3, 0.4) is 0 Å². The van der Waals surface area contributed by atoms with Crippen LogP contribution in [0.25, 0.3) is 0 Å². The molecule has 0 radical (unpaired) electrons. The number of nitrogens with two attached hydrogens (primary N) is 1. The summed E-state index contributed by atoms with van der Waals surface area (Å²) in [4.78, 5) is 11.3. The number of ether oxygens (including phenoxy) is 1. The monoisotopic (exact) mass is 369 g/mol. The third-order valence-electron chi connectivity index (χ3n) is 2.38. The number of aliphatic imine (C=N–C) groups is 1. The molecule has 0 aliphatic carbocycles. The first-order valence-electron chi connectivity index (χ1n) is 5.94. The Morgan fingerprint density at radius 2 is 2.05 bits per heavy atom. The Morgan fingerprint density at radius 3 is 2.68 bits per heavy atom. The molecule has 9 heteroatoms. The third kappa shape index (κ3) is 4.55. The summed E-state index contributed by atoms with van der Waals surface area (Å²) in [5.41, 5.74) is 0.806. The number of hydrogen-bond donors (Lipinski definition) is 1. The standard InChI is InChI=1S/C13H10BrF2N5O/c14-11-3-9(1-2-12(11)16)18-6-10(21-17)7-22-13-19-4-8(15)5-20-13/h1-6H,7,17H2. The molecule has 0 saturated carbocycles. The molecule has 22 heavy (non-hydrogen) atoms. The Bertz CT molecular complexity index is 706. The second kappa shape index (κ2) is 7.55. The first-order valence-corrected chi connectivity index (χ1v) is 6.74. The minimum Gasteiger partial charge on any atom is -0.457 e. The van der Waals surface area contributed by atoms with Crippen molar-refractivity contribution in [1.82, 2.24) is 9.97 Å². The third-order valence-corrected chi connectivity index (χ3v) is 2.99. The zero-order valence-electron chi connectivity index (χ0n) is 11.1. The zero-order chi connectivity index (χ0) is 15.9. The molecule has 2 rings (SSSR count). The first kappa shape index (κ1) is 16.0. The van der Waals surface area contributed by atoms with Gasteiger partial charge in [-0.25, -0.2) is 18.7 Å². The predicted octanol–water partition coefficient (Wildman–Crippen LogP) is 2.61. The van der Waals surface area contributed by atoms with Crippen LogP contribution in [0.1, 0.15) is 0 Å². The number of hydrazone groups is 1. The molecule has 114 valence electrons. The first-order chi connectivity index (χ1) is 10.6. The van der Waals surface area contributed by atoms with Crippen molar-refractivity contribution in [3.05, 3.63) is 46.7 Å². The molecule has 0 fully saturated rings. The SMILES string of the molecule is NN=C(C=Nc1ccc(F)c(Br)c1)COc1ncc(F)cn1. The van der Waals surface area contributed by atoms with Crippen LogP contribution in [-0.4, -0.2) is 28.5 Å². The number of nitrogens with zero attached hydrogens (tertiary/aromatic N) is 4. The Kier molecular flexibility index (Phi) is 5.48. The number of hydrogen-bond acceptors (Lipinski definition) is 6. The van der Waals surface area contributed by atoms with Crippen LogP contribution in [0.5, 0.6) is 6.01 Å². The van der Waals surface area contributed by atoms with Gasteiger partial charge < -0.3 is 10.6 Å². The zero-order valence-corrected chi connectivity index (χ0v) is 12.7. The lowest BCUT2D eigenvalue weighted by molar-refractivity contribution is 0.344. The highest BCUT2D eigenvalue weighted by Crippen LogP contribution is 2.21. The van der Waals surface area contributed by atoms with Crippen LogP contribution in [0.15, 0.2) is 45.2 Å². The van der Waals surface area contributed by atoms with E-state index in [0.717, 1.165) is 12.4 Å². The Balaban J connectivity index is 1.98. The van der Waals surface area contributed by atoms with Gasteiger partial charge in [0, 0.05) is 0 Å². The molecule has 0 aliphatic heterocycles. The summed E-state index contributed by atoms with van der Waals surface area (Å²) in [5, 5.41) is 3.50. The van der Waals surface area contributed by atoms with Gasteiger partial charge >= 0.3 is 6.01 Å². The summed E-state index contributed by atoms with van der Waals surface area (Å²) < 4.78 is 31.2. The van der Waals surface area contributed by atoms with Crippen LogP contribution in [-0.2, 0) is 0 Å². The number of benzene rings is 1. The molecule has 1 heterocycles. The van der Waals surface area contributed by atoms with Crippen molar-refractivity contribution in [2.24, 2.45) is 15.9 Å². The van der Waals surface area contributed by atoms with Crippen molar-refractivity contribution in [3.63, 3.8) is 0 Å². The van der Waals surface area contributed by atoms with Crippen LogP contribution < -0.4 is 10.6 Å². The van der Waals surface area contributed by atoms with E-state index in [-0.39, 0.29) is 18.4 Å². The lowest BCUT2D eigenvalue weighted by Gasteiger charge is -2.03. The molecule has 1 aromatic heterocycles. The van der Waals surface area contributed by atoms with Gasteiger partial charge in [0.05, 0.1) is 28.8 Å². The molecule has 0 atom stereocenters. The number of halogens is 3. The minimum absolute atomic E-state index is 0.0134. The summed E-state index contributed by atoms with van der Waals surface area (Å²) in [7, 11) is 0. The fourth-order valence-corrected chi connectivity index (χ4v) is 1.70. The Morgan fingerprint density at radius 1 is 1.32 bits per heavy atom.